The summed E-state index contributed by atoms with van der Waals surface area (Å²) in [5, 5.41) is 3.69. The average molecular weight is 302 g/mol. The van der Waals surface area contributed by atoms with E-state index in [1.54, 1.807) is 0 Å². The van der Waals surface area contributed by atoms with Crippen molar-refractivity contribution in [1.82, 2.24) is 0 Å². The Bertz CT molecular complexity index is 456. The van der Waals surface area contributed by atoms with Gasteiger partial charge in [-0.05, 0) is 12.8 Å². The summed E-state index contributed by atoms with van der Waals surface area (Å²) in [5.41, 5.74) is 0. The third-order valence-electron chi connectivity index (χ3n) is 2.23. The number of fused-ring (bicyclic) bond motifs is 1. The van der Waals surface area contributed by atoms with E-state index in [1.165, 1.54) is 11.3 Å². The van der Waals surface area contributed by atoms with Gasteiger partial charge in [-0.15, -0.1) is 11.3 Å². The van der Waals surface area contributed by atoms with E-state index in [9.17, 15) is 13.0 Å². The molecule has 0 saturated heterocycles. The molecule has 0 amide bonds. The van der Waals surface area contributed by atoms with E-state index in [1.807, 2.05) is 10.8 Å². The second-order valence-corrected chi connectivity index (χ2v) is 5.82. The molecular formula is C9H11KO5S2. The number of rotatable bonds is 4. The summed E-state index contributed by atoms with van der Waals surface area (Å²) in [4.78, 5) is 0. The molecule has 2 heterocycles. The first-order chi connectivity index (χ1) is 7.54. The maximum Gasteiger partial charge on any atom is 1.00 e. The Morgan fingerprint density at radius 3 is 2.82 bits per heavy atom. The first-order valence-electron chi connectivity index (χ1n) is 4.84. The summed E-state index contributed by atoms with van der Waals surface area (Å²) >= 11 is 1.49. The molecule has 2 rings (SSSR count). The summed E-state index contributed by atoms with van der Waals surface area (Å²) in [7, 11) is -4.12. The second kappa shape index (κ2) is 6.85. The fourth-order valence-corrected chi connectivity index (χ4v) is 2.68. The van der Waals surface area contributed by atoms with Gasteiger partial charge >= 0.3 is 51.4 Å². The van der Waals surface area contributed by atoms with Crippen LogP contribution >= 0.6 is 11.3 Å². The molecule has 1 aliphatic heterocycles. The molecule has 1 atom stereocenters. The molecule has 0 aromatic carbocycles. The van der Waals surface area contributed by atoms with E-state index in [-0.39, 0.29) is 63.2 Å². The van der Waals surface area contributed by atoms with Crippen LogP contribution in [0.2, 0.25) is 0 Å². The van der Waals surface area contributed by atoms with Crippen LogP contribution in [-0.4, -0.2) is 31.4 Å². The first-order valence-corrected chi connectivity index (χ1v) is 7.36. The quantitative estimate of drug-likeness (QED) is 0.485. The number of ether oxygens (including phenoxy) is 2. The second-order valence-electron chi connectivity index (χ2n) is 3.56. The van der Waals surface area contributed by atoms with Gasteiger partial charge < -0.3 is 14.0 Å². The Hall–Kier alpha value is 0.846. The Morgan fingerprint density at radius 2 is 2.12 bits per heavy atom. The zero-order valence-electron chi connectivity index (χ0n) is 9.42. The summed E-state index contributed by atoms with van der Waals surface area (Å²) in [5.74, 6) is 1.09. The van der Waals surface area contributed by atoms with Gasteiger partial charge in [0.05, 0.1) is 10.1 Å². The number of hydrogen-bond acceptors (Lipinski definition) is 6. The molecular weight excluding hydrogens is 291 g/mol. The van der Waals surface area contributed by atoms with Gasteiger partial charge in [-0.2, -0.15) is 0 Å². The fourth-order valence-electron chi connectivity index (χ4n) is 1.49. The minimum absolute atomic E-state index is 0. The van der Waals surface area contributed by atoms with Crippen molar-refractivity contribution in [2.24, 2.45) is 0 Å². The zero-order chi connectivity index (χ0) is 11.6. The standard InChI is InChI=1S/C9H12O5S2.K/c10-16(11,12)3-1-2-7-4-13-8-5-15-6-9(8)14-7;/h5-7H,1-4H2,(H,10,11,12);/q;+1/p-1. The molecule has 0 spiro atoms. The third kappa shape index (κ3) is 5.15. The molecule has 0 fully saturated rings. The minimum Gasteiger partial charge on any atom is -0.748 e. The van der Waals surface area contributed by atoms with Crippen LogP contribution in [0.1, 0.15) is 12.8 Å². The SMILES string of the molecule is O=S(=O)([O-])CCCC1COc2cscc2O1.[K+]. The van der Waals surface area contributed by atoms with E-state index < -0.39 is 10.1 Å². The van der Waals surface area contributed by atoms with Crippen LogP contribution in [0.25, 0.3) is 0 Å². The van der Waals surface area contributed by atoms with Gasteiger partial charge in [0, 0.05) is 16.5 Å². The Kier molecular flexibility index (Phi) is 6.41. The van der Waals surface area contributed by atoms with Crippen molar-refractivity contribution in [1.29, 1.82) is 0 Å². The molecule has 5 nitrogen and oxygen atoms in total. The molecule has 1 unspecified atom stereocenters. The van der Waals surface area contributed by atoms with Crippen LogP contribution in [0.15, 0.2) is 10.8 Å². The Balaban J connectivity index is 0.00000144. The van der Waals surface area contributed by atoms with E-state index in [2.05, 4.69) is 0 Å². The molecule has 17 heavy (non-hydrogen) atoms. The van der Waals surface area contributed by atoms with Crippen molar-refractivity contribution in [3.05, 3.63) is 10.8 Å². The maximum absolute atomic E-state index is 10.4. The fraction of sp³-hybridized carbons (Fsp3) is 0.556. The predicted molar refractivity (Wildman–Crippen MR) is 58.0 cm³/mol. The van der Waals surface area contributed by atoms with Crippen molar-refractivity contribution in [3.8, 4) is 11.5 Å². The smallest absolute Gasteiger partial charge is 0.748 e. The van der Waals surface area contributed by atoms with Crippen LogP contribution in [0.4, 0.5) is 0 Å². The zero-order valence-corrected chi connectivity index (χ0v) is 14.2. The largest absolute Gasteiger partial charge is 1.00 e. The van der Waals surface area contributed by atoms with Crippen molar-refractivity contribution in [3.63, 3.8) is 0 Å². The molecule has 0 bridgehead atoms. The molecule has 0 aliphatic carbocycles. The van der Waals surface area contributed by atoms with Crippen LogP contribution in [0, 0.1) is 0 Å². The van der Waals surface area contributed by atoms with E-state index in [4.69, 9.17) is 9.47 Å². The van der Waals surface area contributed by atoms with Crippen LogP contribution in [0.3, 0.4) is 0 Å². The number of hydrogen-bond donors (Lipinski definition) is 0. The van der Waals surface area contributed by atoms with Gasteiger partial charge in [-0.25, -0.2) is 8.42 Å². The van der Waals surface area contributed by atoms with Gasteiger partial charge in [0.1, 0.15) is 12.7 Å². The molecule has 1 aromatic rings. The van der Waals surface area contributed by atoms with Crippen LogP contribution in [-0.2, 0) is 10.1 Å². The van der Waals surface area contributed by atoms with Gasteiger partial charge in [-0.1, -0.05) is 0 Å². The van der Waals surface area contributed by atoms with Crippen LogP contribution in [0.5, 0.6) is 11.5 Å². The number of thiophene rings is 1. The molecule has 0 saturated carbocycles. The molecule has 1 aromatic heterocycles. The molecule has 0 N–H and O–H groups in total. The topological polar surface area (TPSA) is 75.7 Å². The monoisotopic (exact) mass is 302 g/mol. The van der Waals surface area contributed by atoms with E-state index in [0.29, 0.717) is 25.2 Å². The predicted octanol–water partition coefficient (Wildman–Crippen LogP) is -1.78. The van der Waals surface area contributed by atoms with E-state index in [0.717, 1.165) is 5.75 Å². The molecule has 0 radical (unpaired) electrons. The normalized spacial score (nSPS) is 18.5. The summed E-state index contributed by atoms with van der Waals surface area (Å²) in [6, 6.07) is 0. The first kappa shape index (κ1) is 15.9. The van der Waals surface area contributed by atoms with Gasteiger partial charge in [0.25, 0.3) is 0 Å². The minimum atomic E-state index is -4.12. The average Bonchev–Trinajstić information content (AvgIpc) is 2.62. The summed E-state index contributed by atoms with van der Waals surface area (Å²) in [6.45, 7) is 0.405. The molecule has 90 valence electrons. The maximum atomic E-state index is 10.4. The summed E-state index contributed by atoms with van der Waals surface area (Å²) in [6.07, 6.45) is 0.652. The van der Waals surface area contributed by atoms with Gasteiger partial charge in [0.2, 0.25) is 0 Å². The van der Waals surface area contributed by atoms with Gasteiger partial charge in [-0.3, -0.25) is 0 Å². The van der Waals surface area contributed by atoms with Crippen molar-refractivity contribution < 1.29 is 73.8 Å². The van der Waals surface area contributed by atoms with E-state index >= 15 is 0 Å². The molecule has 8 heteroatoms. The van der Waals surface area contributed by atoms with Crippen molar-refractivity contribution in [2.45, 2.75) is 18.9 Å². The van der Waals surface area contributed by atoms with Crippen LogP contribution < -0.4 is 60.9 Å². The molecule has 1 aliphatic rings. The summed E-state index contributed by atoms with van der Waals surface area (Å²) < 4.78 is 42.2. The van der Waals surface area contributed by atoms with Crippen molar-refractivity contribution in [2.75, 3.05) is 12.4 Å². The Morgan fingerprint density at radius 1 is 1.41 bits per heavy atom. The van der Waals surface area contributed by atoms with Gasteiger partial charge in [0.15, 0.2) is 11.5 Å². The van der Waals surface area contributed by atoms with Crippen molar-refractivity contribution >= 4 is 21.5 Å². The Labute approximate surface area is 147 Å². The third-order valence-corrected chi connectivity index (χ3v) is 3.72.